The number of nitrogens with zero attached hydrogens (tertiary/aromatic N) is 1. The average Bonchev–Trinajstić information content (AvgIpc) is 2.62. The van der Waals surface area contributed by atoms with Crippen LogP contribution in [0, 0.1) is 12.8 Å². The van der Waals surface area contributed by atoms with E-state index in [0.717, 1.165) is 42.5 Å². The van der Waals surface area contributed by atoms with Crippen LogP contribution in [0.3, 0.4) is 0 Å². The molecule has 0 spiro atoms. The summed E-state index contributed by atoms with van der Waals surface area (Å²) >= 11 is 3.52. The maximum atomic E-state index is 12.4. The summed E-state index contributed by atoms with van der Waals surface area (Å²) in [7, 11) is 0. The molecule has 0 radical (unpaired) electrons. The summed E-state index contributed by atoms with van der Waals surface area (Å²) in [6, 6.07) is 16.8. The third-order valence-electron chi connectivity index (χ3n) is 4.84. The van der Waals surface area contributed by atoms with Crippen LogP contribution in [0.1, 0.15) is 29.5 Å². The summed E-state index contributed by atoms with van der Waals surface area (Å²) in [5, 5.41) is 3.10. The Morgan fingerprint density at radius 1 is 1.12 bits per heavy atom. The molecule has 1 aliphatic heterocycles. The maximum Gasteiger partial charge on any atom is 0.223 e. The molecule has 1 amide bonds. The molecule has 1 N–H and O–H groups in total. The number of carbonyl (C=O) groups is 1. The van der Waals surface area contributed by atoms with E-state index in [4.69, 9.17) is 0 Å². The van der Waals surface area contributed by atoms with E-state index < -0.39 is 0 Å². The van der Waals surface area contributed by atoms with Gasteiger partial charge in [-0.3, -0.25) is 9.69 Å². The number of carbonyl (C=O) groups excluding carboxylic acids is 1. The predicted molar refractivity (Wildman–Crippen MR) is 105 cm³/mol. The smallest absolute Gasteiger partial charge is 0.223 e. The van der Waals surface area contributed by atoms with Gasteiger partial charge in [0.25, 0.3) is 0 Å². The van der Waals surface area contributed by atoms with Crippen LogP contribution in [0.5, 0.6) is 0 Å². The van der Waals surface area contributed by atoms with Gasteiger partial charge in [0, 0.05) is 23.5 Å². The first-order valence-corrected chi connectivity index (χ1v) is 9.69. The second-order valence-electron chi connectivity index (χ2n) is 6.88. The number of piperidine rings is 1. The predicted octanol–water partition coefficient (Wildman–Crippen LogP) is 4.29. The first kappa shape index (κ1) is 18.2. The second-order valence-corrected chi connectivity index (χ2v) is 7.80. The van der Waals surface area contributed by atoms with Gasteiger partial charge in [-0.25, -0.2) is 0 Å². The highest BCUT2D eigenvalue weighted by molar-refractivity contribution is 9.10. The van der Waals surface area contributed by atoms with Crippen LogP contribution >= 0.6 is 15.9 Å². The highest BCUT2D eigenvalue weighted by atomic mass is 79.9. The minimum Gasteiger partial charge on any atom is -0.352 e. The number of benzene rings is 2. The molecule has 0 saturated carbocycles. The number of aryl methyl sites for hydroxylation is 1. The zero-order valence-electron chi connectivity index (χ0n) is 14.7. The van der Waals surface area contributed by atoms with Gasteiger partial charge >= 0.3 is 0 Å². The average molecular weight is 401 g/mol. The van der Waals surface area contributed by atoms with Crippen LogP contribution in [-0.4, -0.2) is 23.9 Å². The molecule has 2 aromatic carbocycles. The van der Waals surface area contributed by atoms with Crippen molar-refractivity contribution >= 4 is 21.8 Å². The van der Waals surface area contributed by atoms with Crippen LogP contribution < -0.4 is 5.32 Å². The van der Waals surface area contributed by atoms with Gasteiger partial charge in [-0.1, -0.05) is 57.9 Å². The molecule has 0 bridgehead atoms. The lowest BCUT2D eigenvalue weighted by molar-refractivity contribution is -0.126. The van der Waals surface area contributed by atoms with Gasteiger partial charge in [-0.15, -0.1) is 0 Å². The Kier molecular flexibility index (Phi) is 6.27. The molecule has 1 aliphatic rings. The lowest BCUT2D eigenvalue weighted by atomic mass is 9.95. The largest absolute Gasteiger partial charge is 0.352 e. The van der Waals surface area contributed by atoms with Crippen LogP contribution in [-0.2, 0) is 17.9 Å². The summed E-state index contributed by atoms with van der Waals surface area (Å²) in [5.74, 6) is 0.340. The summed E-state index contributed by atoms with van der Waals surface area (Å²) in [4.78, 5) is 14.8. The number of amides is 1. The van der Waals surface area contributed by atoms with Crippen molar-refractivity contribution in [3.05, 3.63) is 69.7 Å². The fourth-order valence-electron chi connectivity index (χ4n) is 3.29. The molecule has 2 aromatic rings. The number of nitrogens with one attached hydrogen (secondary N) is 1. The molecule has 25 heavy (non-hydrogen) atoms. The number of rotatable bonds is 5. The van der Waals surface area contributed by atoms with Crippen LogP contribution in [0.2, 0.25) is 0 Å². The fraction of sp³-hybridized carbons (Fsp3) is 0.381. The summed E-state index contributed by atoms with van der Waals surface area (Å²) in [5.41, 5.74) is 3.72. The number of likely N-dealkylation sites (tertiary alicyclic amines) is 1. The van der Waals surface area contributed by atoms with Crippen molar-refractivity contribution in [3.8, 4) is 0 Å². The summed E-state index contributed by atoms with van der Waals surface area (Å²) in [6.45, 7) is 5.61. The molecule has 1 fully saturated rings. The highest BCUT2D eigenvalue weighted by Gasteiger charge is 2.24. The number of hydrogen-bond acceptors (Lipinski definition) is 2. The van der Waals surface area contributed by atoms with E-state index in [9.17, 15) is 4.79 Å². The van der Waals surface area contributed by atoms with E-state index in [2.05, 4.69) is 75.5 Å². The molecular formula is C21H25BrN2O. The van der Waals surface area contributed by atoms with Crippen molar-refractivity contribution in [3.63, 3.8) is 0 Å². The highest BCUT2D eigenvalue weighted by Crippen LogP contribution is 2.20. The Bertz CT molecular complexity index is 706. The molecule has 0 aromatic heterocycles. The summed E-state index contributed by atoms with van der Waals surface area (Å²) in [6.07, 6.45) is 1.88. The van der Waals surface area contributed by atoms with Crippen molar-refractivity contribution in [2.45, 2.75) is 32.9 Å². The quantitative estimate of drug-likeness (QED) is 0.811. The summed E-state index contributed by atoms with van der Waals surface area (Å²) < 4.78 is 1.12. The fourth-order valence-corrected chi connectivity index (χ4v) is 3.73. The molecular weight excluding hydrogens is 376 g/mol. The van der Waals surface area contributed by atoms with Crippen LogP contribution in [0.15, 0.2) is 53.0 Å². The molecule has 0 aliphatic carbocycles. The van der Waals surface area contributed by atoms with Crippen molar-refractivity contribution in [2.24, 2.45) is 5.92 Å². The van der Waals surface area contributed by atoms with E-state index in [1.807, 2.05) is 6.07 Å². The molecule has 132 valence electrons. The number of hydrogen-bond donors (Lipinski definition) is 1. The standard InChI is InChI=1S/C21H25BrN2O/c1-16-5-7-17(8-6-16)14-23-21(25)19-9-11-24(12-10-19)15-18-3-2-4-20(22)13-18/h2-8,13,19H,9-12,14-15H2,1H3,(H,23,25). The van der Waals surface area contributed by atoms with Crippen molar-refractivity contribution in [1.29, 1.82) is 0 Å². The topological polar surface area (TPSA) is 32.3 Å². The Hall–Kier alpha value is -1.65. The minimum absolute atomic E-state index is 0.143. The Morgan fingerprint density at radius 3 is 2.52 bits per heavy atom. The van der Waals surface area contributed by atoms with E-state index in [1.54, 1.807) is 0 Å². The van der Waals surface area contributed by atoms with Gasteiger partial charge in [-0.2, -0.15) is 0 Å². The van der Waals surface area contributed by atoms with Gasteiger partial charge < -0.3 is 5.32 Å². The lowest BCUT2D eigenvalue weighted by Crippen LogP contribution is -2.40. The minimum atomic E-state index is 0.143. The van der Waals surface area contributed by atoms with E-state index in [-0.39, 0.29) is 11.8 Å². The number of halogens is 1. The Labute approximate surface area is 158 Å². The molecule has 0 atom stereocenters. The van der Waals surface area contributed by atoms with Gasteiger partial charge in [0.2, 0.25) is 5.91 Å². The molecule has 1 heterocycles. The first-order chi connectivity index (χ1) is 12.1. The van der Waals surface area contributed by atoms with Crippen LogP contribution in [0.4, 0.5) is 0 Å². The van der Waals surface area contributed by atoms with Gasteiger partial charge in [0.1, 0.15) is 0 Å². The third kappa shape index (κ3) is 5.41. The molecule has 3 nitrogen and oxygen atoms in total. The maximum absolute atomic E-state index is 12.4. The molecule has 3 rings (SSSR count). The van der Waals surface area contributed by atoms with Gasteiger partial charge in [-0.05, 0) is 56.1 Å². The van der Waals surface area contributed by atoms with Crippen molar-refractivity contribution in [1.82, 2.24) is 10.2 Å². The SMILES string of the molecule is Cc1ccc(CNC(=O)C2CCN(Cc3cccc(Br)c3)CC2)cc1. The van der Waals surface area contributed by atoms with Gasteiger partial charge in [0.15, 0.2) is 0 Å². The van der Waals surface area contributed by atoms with Crippen molar-refractivity contribution < 1.29 is 4.79 Å². The second kappa shape index (κ2) is 8.63. The third-order valence-corrected chi connectivity index (χ3v) is 5.33. The Balaban J connectivity index is 1.43. The lowest BCUT2D eigenvalue weighted by Gasteiger charge is -2.31. The normalized spacial score (nSPS) is 15.9. The monoisotopic (exact) mass is 400 g/mol. The zero-order chi connectivity index (χ0) is 17.6. The molecule has 4 heteroatoms. The van der Waals surface area contributed by atoms with E-state index in [0.29, 0.717) is 6.54 Å². The van der Waals surface area contributed by atoms with Crippen LogP contribution in [0.25, 0.3) is 0 Å². The van der Waals surface area contributed by atoms with E-state index >= 15 is 0 Å². The first-order valence-electron chi connectivity index (χ1n) is 8.90. The molecule has 0 unspecified atom stereocenters. The molecule has 1 saturated heterocycles. The van der Waals surface area contributed by atoms with E-state index in [1.165, 1.54) is 11.1 Å². The van der Waals surface area contributed by atoms with Gasteiger partial charge in [0.05, 0.1) is 0 Å². The zero-order valence-corrected chi connectivity index (χ0v) is 16.3. The Morgan fingerprint density at radius 2 is 1.84 bits per heavy atom. The van der Waals surface area contributed by atoms with Crippen molar-refractivity contribution in [2.75, 3.05) is 13.1 Å².